The lowest BCUT2D eigenvalue weighted by Gasteiger charge is -2.37. The van der Waals surface area contributed by atoms with Crippen LogP contribution in [0.3, 0.4) is 0 Å². The van der Waals surface area contributed by atoms with Gasteiger partial charge in [0.25, 0.3) is 5.91 Å². The van der Waals surface area contributed by atoms with Crippen LogP contribution in [0.5, 0.6) is 0 Å². The van der Waals surface area contributed by atoms with Crippen LogP contribution in [0.25, 0.3) is 11.3 Å². The highest BCUT2D eigenvalue weighted by Gasteiger charge is 2.40. The molecule has 6 rings (SSSR count). The second-order valence-corrected chi connectivity index (χ2v) is 8.38. The van der Waals surface area contributed by atoms with Gasteiger partial charge in [-0.2, -0.15) is 5.10 Å². The Labute approximate surface area is 165 Å². The molecule has 28 heavy (non-hydrogen) atoms. The van der Waals surface area contributed by atoms with Crippen molar-refractivity contribution in [1.82, 2.24) is 20.0 Å². The van der Waals surface area contributed by atoms with Crippen LogP contribution in [0.2, 0.25) is 0 Å². The lowest BCUT2D eigenvalue weighted by molar-refractivity contribution is 0.0304. The highest BCUT2D eigenvalue weighted by molar-refractivity contribution is 6.00. The minimum atomic E-state index is 0.121. The summed E-state index contributed by atoms with van der Waals surface area (Å²) in [5.41, 5.74) is 2.52. The van der Waals surface area contributed by atoms with E-state index in [9.17, 15) is 4.79 Å². The molecule has 1 amide bonds. The highest BCUT2D eigenvalue weighted by Crippen LogP contribution is 2.33. The summed E-state index contributed by atoms with van der Waals surface area (Å²) >= 11 is 0. The Morgan fingerprint density at radius 1 is 1.00 bits per heavy atom. The normalized spacial score (nSPS) is 26.4. The van der Waals surface area contributed by atoms with E-state index < -0.39 is 0 Å². The van der Waals surface area contributed by atoms with E-state index >= 15 is 0 Å². The van der Waals surface area contributed by atoms with Crippen LogP contribution in [0, 0.1) is 5.92 Å². The number of ether oxygens (including phenoxy) is 1. The van der Waals surface area contributed by atoms with E-state index in [-0.39, 0.29) is 5.91 Å². The number of benzene rings is 1. The summed E-state index contributed by atoms with van der Waals surface area (Å²) < 4.78 is 5.55. The number of amides is 1. The summed E-state index contributed by atoms with van der Waals surface area (Å²) in [6.07, 6.45) is 6.26. The summed E-state index contributed by atoms with van der Waals surface area (Å²) in [5, 5.41) is 7.23. The number of hydrogen-bond donors (Lipinski definition) is 1. The zero-order valence-corrected chi connectivity index (χ0v) is 16.2. The van der Waals surface area contributed by atoms with Gasteiger partial charge in [0.2, 0.25) is 0 Å². The lowest BCUT2D eigenvalue weighted by atomic mass is 9.94. The number of nitrogens with one attached hydrogen (secondary N) is 1. The summed E-state index contributed by atoms with van der Waals surface area (Å²) in [6.45, 7) is 4.71. The quantitative estimate of drug-likeness (QED) is 0.890. The Balaban J connectivity index is 1.37. The smallest absolute Gasteiger partial charge is 0.257 e. The number of nitrogens with zero attached hydrogens (tertiary/aromatic N) is 3. The van der Waals surface area contributed by atoms with Crippen LogP contribution in [-0.4, -0.2) is 70.8 Å². The average Bonchev–Trinajstić information content (AvgIpc) is 3.06. The van der Waals surface area contributed by atoms with E-state index in [2.05, 4.69) is 20.0 Å². The molecule has 0 aliphatic carbocycles. The number of fused-ring (bicyclic) bond motifs is 4. The maximum Gasteiger partial charge on any atom is 0.257 e. The minimum Gasteiger partial charge on any atom is -0.381 e. The van der Waals surface area contributed by atoms with Gasteiger partial charge < -0.3 is 9.64 Å². The standard InChI is InChI=1S/C22H28N4O2/c27-22(20-12-23-24-21(20)17-4-2-1-3-5-17)26-14-16-6-7-19(26)15-25(13-16)18-8-10-28-11-9-18/h1-5,12,16,18-19H,6-11,13-15H2,(H,23,24)/t16-,19+/m0/s1. The van der Waals surface area contributed by atoms with Crippen molar-refractivity contribution in [3.05, 3.63) is 42.1 Å². The highest BCUT2D eigenvalue weighted by atomic mass is 16.5. The summed E-state index contributed by atoms with van der Waals surface area (Å²) in [7, 11) is 0. The molecular weight excluding hydrogens is 352 g/mol. The third kappa shape index (κ3) is 3.35. The Hall–Kier alpha value is -2.18. The third-order valence-corrected chi connectivity index (χ3v) is 6.64. The molecule has 0 unspecified atom stereocenters. The number of H-pyrrole nitrogens is 1. The molecular formula is C22H28N4O2. The summed E-state index contributed by atoms with van der Waals surface area (Å²) in [5.74, 6) is 0.689. The number of carbonyl (C=O) groups excluding carboxylic acids is 1. The number of aromatic nitrogens is 2. The second-order valence-electron chi connectivity index (χ2n) is 8.38. The molecule has 148 valence electrons. The molecule has 4 aliphatic rings. The minimum absolute atomic E-state index is 0.121. The van der Waals surface area contributed by atoms with Crippen molar-refractivity contribution in [2.24, 2.45) is 5.92 Å². The molecule has 2 atom stereocenters. The van der Waals surface area contributed by atoms with Crippen LogP contribution in [0.15, 0.2) is 36.5 Å². The van der Waals surface area contributed by atoms with Crippen molar-refractivity contribution in [3.8, 4) is 11.3 Å². The molecule has 0 radical (unpaired) electrons. The molecule has 6 nitrogen and oxygen atoms in total. The van der Waals surface area contributed by atoms with Crippen LogP contribution in [0.4, 0.5) is 0 Å². The maximum atomic E-state index is 13.5. The number of hydrogen-bond acceptors (Lipinski definition) is 4. The van der Waals surface area contributed by atoms with Gasteiger partial charge in [-0.1, -0.05) is 30.3 Å². The van der Waals surface area contributed by atoms with Crippen molar-refractivity contribution >= 4 is 5.91 Å². The van der Waals surface area contributed by atoms with Gasteiger partial charge in [-0.05, 0) is 31.6 Å². The van der Waals surface area contributed by atoms with Crippen LogP contribution < -0.4 is 0 Å². The molecule has 1 aromatic carbocycles. The van der Waals surface area contributed by atoms with Crippen LogP contribution in [-0.2, 0) is 4.74 Å². The zero-order chi connectivity index (χ0) is 18.9. The second kappa shape index (κ2) is 7.68. The van der Waals surface area contributed by atoms with Gasteiger partial charge in [0.1, 0.15) is 0 Å². The molecule has 0 saturated carbocycles. The van der Waals surface area contributed by atoms with E-state index in [1.807, 2.05) is 30.3 Å². The van der Waals surface area contributed by atoms with Crippen molar-refractivity contribution in [2.45, 2.75) is 37.8 Å². The molecule has 6 heteroatoms. The fourth-order valence-corrected chi connectivity index (χ4v) is 5.14. The first-order chi connectivity index (χ1) is 13.8. The van der Waals surface area contributed by atoms with Gasteiger partial charge in [0, 0.05) is 50.5 Å². The first-order valence-corrected chi connectivity index (χ1v) is 10.5. The first kappa shape index (κ1) is 17.9. The van der Waals surface area contributed by atoms with E-state index in [4.69, 9.17) is 4.74 Å². The van der Waals surface area contributed by atoms with Gasteiger partial charge in [0.05, 0.1) is 17.5 Å². The Morgan fingerprint density at radius 2 is 1.82 bits per heavy atom. The topological polar surface area (TPSA) is 61.5 Å². The monoisotopic (exact) mass is 380 g/mol. The van der Waals surface area contributed by atoms with E-state index in [0.29, 0.717) is 23.6 Å². The Morgan fingerprint density at radius 3 is 2.64 bits per heavy atom. The molecule has 4 fully saturated rings. The lowest BCUT2D eigenvalue weighted by Crippen LogP contribution is -2.48. The Bertz CT molecular complexity index is 815. The van der Waals surface area contributed by atoms with Gasteiger partial charge >= 0.3 is 0 Å². The molecule has 2 aromatic rings. The van der Waals surface area contributed by atoms with Gasteiger partial charge in [-0.25, -0.2) is 0 Å². The maximum absolute atomic E-state index is 13.5. The van der Waals surface area contributed by atoms with Crippen molar-refractivity contribution in [1.29, 1.82) is 0 Å². The van der Waals surface area contributed by atoms with Crippen LogP contribution >= 0.6 is 0 Å². The number of carbonyl (C=O) groups is 1. The SMILES string of the molecule is O=C(c1cn[nH]c1-c1ccccc1)N1C[C@H]2CC[C@@H]1CN(C1CCOCC1)C2. The van der Waals surface area contributed by atoms with Gasteiger partial charge in [-0.15, -0.1) is 0 Å². The average molecular weight is 380 g/mol. The molecule has 4 aliphatic heterocycles. The molecule has 5 heterocycles. The van der Waals surface area contributed by atoms with Crippen molar-refractivity contribution < 1.29 is 9.53 Å². The summed E-state index contributed by atoms with van der Waals surface area (Å²) in [4.78, 5) is 18.3. The fraction of sp³-hybridized carbons (Fsp3) is 0.545. The Kier molecular flexibility index (Phi) is 4.91. The van der Waals surface area contributed by atoms with E-state index in [1.54, 1.807) is 6.20 Å². The van der Waals surface area contributed by atoms with Gasteiger partial charge in [-0.3, -0.25) is 14.8 Å². The zero-order valence-electron chi connectivity index (χ0n) is 16.2. The summed E-state index contributed by atoms with van der Waals surface area (Å²) in [6, 6.07) is 10.9. The van der Waals surface area contributed by atoms with E-state index in [1.165, 1.54) is 6.42 Å². The van der Waals surface area contributed by atoms with Gasteiger partial charge in [0.15, 0.2) is 0 Å². The number of aromatic amines is 1. The number of rotatable bonds is 3. The molecule has 1 N–H and O–H groups in total. The largest absolute Gasteiger partial charge is 0.381 e. The first-order valence-electron chi connectivity index (χ1n) is 10.5. The predicted molar refractivity (Wildman–Crippen MR) is 107 cm³/mol. The number of piperidine rings is 1. The van der Waals surface area contributed by atoms with E-state index in [0.717, 1.165) is 63.4 Å². The molecule has 2 bridgehead atoms. The molecule has 1 aromatic heterocycles. The third-order valence-electron chi connectivity index (χ3n) is 6.64. The molecule has 0 spiro atoms. The fourth-order valence-electron chi connectivity index (χ4n) is 5.14. The molecule has 4 saturated heterocycles. The predicted octanol–water partition coefficient (Wildman–Crippen LogP) is 2.79. The van der Waals surface area contributed by atoms with Crippen LogP contribution in [0.1, 0.15) is 36.0 Å². The van der Waals surface area contributed by atoms with Crippen molar-refractivity contribution in [2.75, 3.05) is 32.8 Å². The van der Waals surface area contributed by atoms with Crippen molar-refractivity contribution in [3.63, 3.8) is 0 Å².